The van der Waals surface area contributed by atoms with E-state index in [9.17, 15) is 24.0 Å². The molecule has 2 fully saturated rings. The van der Waals surface area contributed by atoms with Crippen LogP contribution in [0.25, 0.3) is 11.3 Å². The Morgan fingerprint density at radius 3 is 2.18 bits per heavy atom. The van der Waals surface area contributed by atoms with Gasteiger partial charge < -0.3 is 39.4 Å². The highest BCUT2D eigenvalue weighted by Gasteiger charge is 2.36. The Bertz CT molecular complexity index is 2370. The Morgan fingerprint density at radius 2 is 1.51 bits per heavy atom. The molecule has 0 bridgehead atoms. The summed E-state index contributed by atoms with van der Waals surface area (Å²) in [4.78, 5) is 82.0. The van der Waals surface area contributed by atoms with Crippen molar-refractivity contribution in [1.29, 1.82) is 0 Å². The van der Waals surface area contributed by atoms with Crippen molar-refractivity contribution < 1.29 is 33.4 Å². The third kappa shape index (κ3) is 12.7. The average molecular weight is 960 g/mol. The van der Waals surface area contributed by atoms with E-state index < -0.39 is 47.8 Å². The van der Waals surface area contributed by atoms with Crippen molar-refractivity contribution in [2.75, 3.05) is 47.4 Å². The lowest BCUT2D eigenvalue weighted by atomic mass is 10.0. The maximum absolute atomic E-state index is 14.5. The van der Waals surface area contributed by atoms with Gasteiger partial charge in [0.1, 0.15) is 29.4 Å². The summed E-state index contributed by atoms with van der Waals surface area (Å²) in [7, 11) is 6.66. The molecule has 0 unspecified atom stereocenters. The van der Waals surface area contributed by atoms with Crippen molar-refractivity contribution in [1.82, 2.24) is 39.8 Å². The highest BCUT2D eigenvalue weighted by Crippen LogP contribution is 2.33. The molecule has 6 rings (SSSR count). The number of nitrogens with one attached hydrogen (secondary N) is 2. The Morgan fingerprint density at radius 1 is 0.836 bits per heavy atom. The molecule has 3 heterocycles. The minimum Gasteiger partial charge on any atom is -0.457 e. The summed E-state index contributed by atoms with van der Waals surface area (Å²) in [6.07, 6.45) is 4.31. The van der Waals surface area contributed by atoms with Gasteiger partial charge in [0.15, 0.2) is 0 Å². The number of halogens is 2. The van der Waals surface area contributed by atoms with E-state index >= 15 is 0 Å². The molecule has 6 atom stereocenters. The predicted octanol–water partition coefficient (Wildman–Crippen LogP) is 6.65. The molecule has 4 aromatic rings. The summed E-state index contributed by atoms with van der Waals surface area (Å²) in [5.74, 6) is -1.12. The van der Waals surface area contributed by atoms with Gasteiger partial charge in [-0.2, -0.15) is 0 Å². The molecule has 1 aromatic heterocycles. The fourth-order valence-corrected chi connectivity index (χ4v) is 9.02. The Kier molecular flexibility index (Phi) is 17.5. The number of hydrogen-bond acceptors (Lipinski definition) is 9. The molecular formula is C50H64Cl2N8O7. The van der Waals surface area contributed by atoms with Gasteiger partial charge in [-0.3, -0.25) is 28.9 Å². The highest BCUT2D eigenvalue weighted by atomic mass is 35.5. The molecule has 2 N–H and O–H groups in total. The van der Waals surface area contributed by atoms with Crippen molar-refractivity contribution >= 4 is 52.7 Å². The van der Waals surface area contributed by atoms with Crippen LogP contribution < -0.4 is 15.4 Å². The fraction of sp³-hybridized carbons (Fsp3) is 0.480. The Hall–Kier alpha value is -5.48. The van der Waals surface area contributed by atoms with Crippen LogP contribution in [0, 0.1) is 5.92 Å². The van der Waals surface area contributed by atoms with Crippen LogP contribution >= 0.6 is 23.2 Å². The van der Waals surface area contributed by atoms with E-state index in [1.165, 1.54) is 34.7 Å². The number of aromatic nitrogens is 2. The third-order valence-corrected chi connectivity index (χ3v) is 13.6. The fourth-order valence-electron chi connectivity index (χ4n) is 8.73. The number of imidazole rings is 1. The van der Waals surface area contributed by atoms with Crippen molar-refractivity contribution in [3.05, 3.63) is 99.9 Å². The number of rotatable bonds is 11. The molecule has 15 nitrogen and oxygen atoms in total. The molecule has 0 radical (unpaired) electrons. The van der Waals surface area contributed by atoms with Crippen LogP contribution in [0.3, 0.4) is 0 Å². The van der Waals surface area contributed by atoms with Crippen LogP contribution in [0.5, 0.6) is 11.5 Å². The van der Waals surface area contributed by atoms with Gasteiger partial charge in [-0.05, 0) is 107 Å². The molecule has 2 aliphatic heterocycles. The van der Waals surface area contributed by atoms with E-state index in [1.54, 1.807) is 65.2 Å². The first-order valence-electron chi connectivity index (χ1n) is 22.9. The number of likely N-dealkylation sites (tertiary alicyclic amines) is 1. The molecular weight excluding hydrogens is 896 g/mol. The second-order valence-corrected chi connectivity index (χ2v) is 18.8. The SMILES string of the molecule is COC[C@@H]1NC(=O)[C@H](C)N(Cc2ccc(Cl)cc2Oc2ccc(-c3cnc([C@H](C)N4CCCC4)n3C)cc2)C(=O)C[C@@H](C)C(=O)N(C)[C@@H](C)CNC(=O)C[C@H](Cc2ccc(Cl)cc2)N(C)C1=O. The van der Waals surface area contributed by atoms with Gasteiger partial charge >= 0.3 is 0 Å². The number of amides is 5. The minimum absolute atomic E-state index is 0.0584. The van der Waals surface area contributed by atoms with E-state index in [-0.39, 0.29) is 50.4 Å². The van der Waals surface area contributed by atoms with Gasteiger partial charge in [-0.15, -0.1) is 0 Å². The number of methoxy groups -OCH3 is 1. The minimum atomic E-state index is -1.17. The summed E-state index contributed by atoms with van der Waals surface area (Å²) < 4.78 is 14.0. The first-order chi connectivity index (χ1) is 31.9. The molecule has 0 spiro atoms. The topological polar surface area (TPSA) is 159 Å². The largest absolute Gasteiger partial charge is 0.457 e. The van der Waals surface area contributed by atoms with Crippen molar-refractivity contribution in [3.8, 4) is 22.8 Å². The molecule has 2 saturated heterocycles. The lowest BCUT2D eigenvalue weighted by Crippen LogP contribution is -2.57. The summed E-state index contributed by atoms with van der Waals surface area (Å²) in [5.41, 5.74) is 3.32. The zero-order valence-corrected chi connectivity index (χ0v) is 41.3. The molecule has 360 valence electrons. The number of ether oxygens (including phenoxy) is 2. The third-order valence-electron chi connectivity index (χ3n) is 13.2. The van der Waals surface area contributed by atoms with E-state index in [0.717, 1.165) is 35.7 Å². The maximum Gasteiger partial charge on any atom is 0.247 e. The lowest BCUT2D eigenvalue weighted by Gasteiger charge is -2.34. The zero-order valence-electron chi connectivity index (χ0n) is 39.8. The number of nitrogens with zero attached hydrogens (tertiary/aromatic N) is 6. The molecule has 5 amide bonds. The smallest absolute Gasteiger partial charge is 0.247 e. The van der Waals surface area contributed by atoms with Gasteiger partial charge in [-0.25, -0.2) is 4.98 Å². The summed E-state index contributed by atoms with van der Waals surface area (Å²) in [5, 5.41) is 6.69. The second-order valence-electron chi connectivity index (χ2n) is 17.9. The van der Waals surface area contributed by atoms with Gasteiger partial charge in [0, 0.05) is 86.8 Å². The average Bonchev–Trinajstić information content (AvgIpc) is 4.00. The standard InChI is InChI=1S/C50H64Cl2N8O7/c1-31-23-46(62)60(29-37-13-18-39(52)25-44(37)67-41-19-14-36(15-20-41)43-28-54-47(58(43)7)33(3)59-21-9-10-22-59)34(4)48(63)55-42(30-66-8)50(65)57(6)40(24-35-11-16-38(51)17-12-35)26-45(61)53-27-32(2)56(5)49(31)64/h11-20,25,28,31-34,40,42H,9-10,21-24,26-27,29-30H2,1-8H3,(H,53,61)(H,55,63)/t31-,32+,33+,34+,40+,42+/m1/s1. The highest BCUT2D eigenvalue weighted by molar-refractivity contribution is 6.31. The number of carbonyl (C=O) groups excluding carboxylic acids is 5. The van der Waals surface area contributed by atoms with Crippen LogP contribution in [-0.2, 0) is 48.7 Å². The molecule has 2 aliphatic rings. The molecule has 17 heteroatoms. The normalized spacial score (nSPS) is 22.6. The summed E-state index contributed by atoms with van der Waals surface area (Å²) in [6, 6.07) is 16.7. The Balaban J connectivity index is 1.28. The molecule has 3 aromatic carbocycles. The number of carbonyl (C=O) groups is 5. The van der Waals surface area contributed by atoms with Crippen molar-refractivity contribution in [3.63, 3.8) is 0 Å². The number of likely N-dealkylation sites (N-methyl/N-ethyl adjacent to an activating group) is 2. The van der Waals surface area contributed by atoms with Crippen molar-refractivity contribution in [2.24, 2.45) is 13.0 Å². The van der Waals surface area contributed by atoms with Crippen LogP contribution in [0.15, 0.2) is 72.9 Å². The Labute approximate surface area is 404 Å². The van der Waals surface area contributed by atoms with Gasteiger partial charge in [-0.1, -0.05) is 48.3 Å². The quantitative estimate of drug-likeness (QED) is 0.168. The molecule has 67 heavy (non-hydrogen) atoms. The molecule has 0 aliphatic carbocycles. The van der Waals surface area contributed by atoms with Gasteiger partial charge in [0.25, 0.3) is 0 Å². The van der Waals surface area contributed by atoms with E-state index in [1.807, 2.05) is 49.6 Å². The first-order valence-corrected chi connectivity index (χ1v) is 23.7. The van der Waals surface area contributed by atoms with Crippen LogP contribution in [0.1, 0.15) is 76.4 Å². The van der Waals surface area contributed by atoms with Gasteiger partial charge in [0.05, 0.1) is 31.1 Å². The van der Waals surface area contributed by atoms with E-state index in [2.05, 4.69) is 27.0 Å². The van der Waals surface area contributed by atoms with Crippen LogP contribution in [0.2, 0.25) is 10.0 Å². The summed E-state index contributed by atoms with van der Waals surface area (Å²) in [6.45, 7) is 9.23. The van der Waals surface area contributed by atoms with Crippen LogP contribution in [-0.4, -0.2) is 130 Å². The summed E-state index contributed by atoms with van der Waals surface area (Å²) >= 11 is 12.7. The van der Waals surface area contributed by atoms with Crippen LogP contribution in [0.4, 0.5) is 0 Å². The van der Waals surface area contributed by atoms with E-state index in [0.29, 0.717) is 33.5 Å². The van der Waals surface area contributed by atoms with E-state index in [4.69, 9.17) is 37.7 Å². The number of benzene rings is 3. The number of hydrogen-bond donors (Lipinski definition) is 2. The lowest BCUT2D eigenvalue weighted by molar-refractivity contribution is -0.146. The van der Waals surface area contributed by atoms with Crippen molar-refractivity contribution in [2.45, 2.75) is 96.6 Å². The predicted molar refractivity (Wildman–Crippen MR) is 259 cm³/mol. The maximum atomic E-state index is 14.5. The van der Waals surface area contributed by atoms with Gasteiger partial charge in [0.2, 0.25) is 29.5 Å². The first kappa shape index (κ1) is 50.9. The molecule has 0 saturated carbocycles. The second kappa shape index (κ2) is 23.0. The zero-order chi connectivity index (χ0) is 48.5. The monoisotopic (exact) mass is 958 g/mol.